The number of nitrogens with one attached hydrogen (secondary N) is 2. The minimum absolute atomic E-state index is 0.370. The fourth-order valence-electron chi connectivity index (χ4n) is 3.44. The Labute approximate surface area is 157 Å². The lowest BCUT2D eigenvalue weighted by Crippen LogP contribution is -3.16. The quantitative estimate of drug-likeness (QED) is 0.747. The first kappa shape index (κ1) is 18.2. The molecule has 1 saturated heterocycles. The molecule has 6 nitrogen and oxygen atoms in total. The average Bonchev–Trinajstić information content (AvgIpc) is 2.63. The highest BCUT2D eigenvalue weighted by atomic mass is 35.5. The number of hydrogen-bond donors (Lipinski definition) is 3. The Morgan fingerprint density at radius 2 is 1.65 bits per heavy atom. The molecule has 0 unspecified atom stereocenters. The van der Waals surface area contributed by atoms with Gasteiger partial charge in [-0.3, -0.25) is 10.1 Å². The predicted octanol–water partition coefficient (Wildman–Crippen LogP) is 0.981. The number of amides is 3. The van der Waals surface area contributed by atoms with E-state index in [0.29, 0.717) is 0 Å². The smallest absolute Gasteiger partial charge is 0.319 e. The summed E-state index contributed by atoms with van der Waals surface area (Å²) in [5.41, 5.74) is 7.02. The molecular weight excluding hydrogens is 352 g/mol. The number of para-hydroxylation sites is 1. The van der Waals surface area contributed by atoms with Crippen molar-refractivity contribution in [3.8, 4) is 0 Å². The third-order valence-electron chi connectivity index (χ3n) is 4.65. The number of anilines is 1. The Hall–Kier alpha value is -2.57. The number of urea groups is 1. The molecule has 4 N–H and O–H groups in total. The molecule has 1 fully saturated rings. The van der Waals surface area contributed by atoms with Crippen molar-refractivity contribution in [3.63, 3.8) is 0 Å². The number of piperazine rings is 1. The molecule has 0 bridgehead atoms. The van der Waals surface area contributed by atoms with Gasteiger partial charge in [-0.05, 0) is 12.1 Å². The Bertz CT molecular complexity index is 776. The molecule has 0 aliphatic carbocycles. The van der Waals surface area contributed by atoms with Crippen molar-refractivity contribution in [1.29, 1.82) is 0 Å². The maximum Gasteiger partial charge on any atom is 0.319 e. The molecule has 0 aromatic heterocycles. The number of carbonyl (C=O) groups excluding carboxylic acids is 2. The SMILES string of the molecule is NC(=O)NC(=O)[C@H](c1ccccc1)[NH+]1CCN(c2ccccc2Cl)CC1. The van der Waals surface area contributed by atoms with E-state index in [4.69, 9.17) is 17.3 Å². The zero-order chi connectivity index (χ0) is 18.5. The van der Waals surface area contributed by atoms with Crippen LogP contribution in [0.25, 0.3) is 0 Å². The van der Waals surface area contributed by atoms with Crippen LogP contribution in [-0.2, 0) is 4.79 Å². The fourth-order valence-corrected chi connectivity index (χ4v) is 3.70. The molecule has 2 aromatic carbocycles. The summed E-state index contributed by atoms with van der Waals surface area (Å²) in [6, 6.07) is 15.9. The highest BCUT2D eigenvalue weighted by Crippen LogP contribution is 2.25. The Balaban J connectivity index is 1.76. The van der Waals surface area contributed by atoms with E-state index in [1.165, 1.54) is 0 Å². The van der Waals surface area contributed by atoms with Crippen LogP contribution in [0.15, 0.2) is 54.6 Å². The average molecular weight is 374 g/mol. The highest BCUT2D eigenvalue weighted by Gasteiger charge is 2.35. The third kappa shape index (κ3) is 4.15. The topological polar surface area (TPSA) is 79.9 Å². The summed E-state index contributed by atoms with van der Waals surface area (Å²) >= 11 is 6.30. The summed E-state index contributed by atoms with van der Waals surface area (Å²) in [4.78, 5) is 27.1. The van der Waals surface area contributed by atoms with Gasteiger partial charge in [-0.1, -0.05) is 54.1 Å². The number of benzene rings is 2. The second-order valence-corrected chi connectivity index (χ2v) is 6.70. The Morgan fingerprint density at radius 1 is 1.04 bits per heavy atom. The normalized spacial score (nSPS) is 16.1. The molecule has 0 saturated carbocycles. The van der Waals surface area contributed by atoms with Crippen molar-refractivity contribution in [2.45, 2.75) is 6.04 Å². The van der Waals surface area contributed by atoms with Gasteiger partial charge in [0.1, 0.15) is 0 Å². The molecule has 3 rings (SSSR count). The van der Waals surface area contributed by atoms with Crippen LogP contribution in [-0.4, -0.2) is 38.1 Å². The largest absolute Gasteiger partial charge is 0.359 e. The monoisotopic (exact) mass is 373 g/mol. The van der Waals surface area contributed by atoms with Crippen molar-refractivity contribution < 1.29 is 14.5 Å². The minimum Gasteiger partial charge on any atom is -0.359 e. The number of nitrogens with two attached hydrogens (primary N) is 1. The van der Waals surface area contributed by atoms with Gasteiger partial charge in [0, 0.05) is 5.56 Å². The Kier molecular flexibility index (Phi) is 5.75. The van der Waals surface area contributed by atoms with Gasteiger partial charge in [-0.25, -0.2) is 4.79 Å². The molecule has 3 amide bonds. The van der Waals surface area contributed by atoms with E-state index >= 15 is 0 Å². The van der Waals surface area contributed by atoms with Crippen molar-refractivity contribution in [1.82, 2.24) is 5.32 Å². The Morgan fingerprint density at radius 3 is 2.27 bits per heavy atom. The first-order chi connectivity index (χ1) is 12.6. The maximum atomic E-state index is 12.6. The molecule has 0 spiro atoms. The van der Waals surface area contributed by atoms with Crippen LogP contribution in [0.2, 0.25) is 5.02 Å². The fraction of sp³-hybridized carbons (Fsp3) is 0.263. The summed E-state index contributed by atoms with van der Waals surface area (Å²) in [5, 5.41) is 2.96. The molecule has 0 radical (unpaired) electrons. The van der Waals surface area contributed by atoms with Gasteiger partial charge in [0.05, 0.1) is 36.9 Å². The van der Waals surface area contributed by atoms with Crippen LogP contribution in [0.3, 0.4) is 0 Å². The van der Waals surface area contributed by atoms with Gasteiger partial charge >= 0.3 is 6.03 Å². The van der Waals surface area contributed by atoms with Crippen LogP contribution in [0.1, 0.15) is 11.6 Å². The van der Waals surface area contributed by atoms with Gasteiger partial charge < -0.3 is 15.5 Å². The van der Waals surface area contributed by atoms with Gasteiger partial charge in [0.15, 0.2) is 6.04 Å². The van der Waals surface area contributed by atoms with E-state index < -0.39 is 12.1 Å². The van der Waals surface area contributed by atoms with Gasteiger partial charge in [0.25, 0.3) is 5.91 Å². The number of imide groups is 1. The van der Waals surface area contributed by atoms with E-state index in [1.807, 2.05) is 54.6 Å². The molecule has 26 heavy (non-hydrogen) atoms. The van der Waals surface area contributed by atoms with Crippen molar-refractivity contribution in [3.05, 3.63) is 65.2 Å². The van der Waals surface area contributed by atoms with Crippen LogP contribution in [0, 0.1) is 0 Å². The molecule has 136 valence electrons. The van der Waals surface area contributed by atoms with Crippen LogP contribution in [0.5, 0.6) is 0 Å². The predicted molar refractivity (Wildman–Crippen MR) is 101 cm³/mol. The number of carbonyl (C=O) groups is 2. The number of primary amides is 1. The molecule has 2 aromatic rings. The van der Waals surface area contributed by atoms with Crippen LogP contribution >= 0.6 is 11.6 Å². The van der Waals surface area contributed by atoms with E-state index in [0.717, 1.165) is 47.4 Å². The molecular formula is C19H22ClN4O2+. The lowest BCUT2D eigenvalue weighted by atomic mass is 10.0. The summed E-state index contributed by atoms with van der Waals surface area (Å²) in [5.74, 6) is -0.370. The van der Waals surface area contributed by atoms with E-state index in [2.05, 4.69) is 10.2 Å². The standard InChI is InChI=1S/C19H21ClN4O2/c20-15-8-4-5-9-16(15)23-10-12-24(13-11-23)17(18(25)22-19(21)26)14-6-2-1-3-7-14/h1-9,17H,10-13H2,(H3,21,22,25,26)/p+1/t17-/m0/s1. The number of hydrogen-bond acceptors (Lipinski definition) is 3. The lowest BCUT2D eigenvalue weighted by Gasteiger charge is -2.37. The minimum atomic E-state index is -0.829. The van der Waals surface area contributed by atoms with Gasteiger partial charge in [-0.15, -0.1) is 0 Å². The molecule has 1 aliphatic heterocycles. The number of halogens is 1. The summed E-state index contributed by atoms with van der Waals surface area (Å²) in [6.07, 6.45) is 0. The summed E-state index contributed by atoms with van der Waals surface area (Å²) in [7, 11) is 0. The van der Waals surface area contributed by atoms with Crippen LogP contribution in [0.4, 0.5) is 10.5 Å². The van der Waals surface area contributed by atoms with E-state index in [1.54, 1.807) is 0 Å². The molecule has 7 heteroatoms. The maximum absolute atomic E-state index is 12.6. The zero-order valence-corrected chi connectivity index (χ0v) is 15.1. The van der Waals surface area contributed by atoms with Crippen molar-refractivity contribution in [2.24, 2.45) is 5.73 Å². The second kappa shape index (κ2) is 8.21. The second-order valence-electron chi connectivity index (χ2n) is 6.29. The molecule has 1 atom stereocenters. The van der Waals surface area contributed by atoms with Crippen LogP contribution < -0.4 is 20.9 Å². The van der Waals surface area contributed by atoms with Crippen molar-refractivity contribution in [2.75, 3.05) is 31.1 Å². The number of nitrogens with zero attached hydrogens (tertiary/aromatic N) is 1. The summed E-state index contributed by atoms with van der Waals surface area (Å²) in [6.45, 7) is 3.03. The van der Waals surface area contributed by atoms with E-state index in [-0.39, 0.29) is 5.91 Å². The third-order valence-corrected chi connectivity index (χ3v) is 4.97. The van der Waals surface area contributed by atoms with E-state index in [9.17, 15) is 9.59 Å². The lowest BCUT2D eigenvalue weighted by molar-refractivity contribution is -0.922. The number of rotatable bonds is 4. The summed E-state index contributed by atoms with van der Waals surface area (Å²) < 4.78 is 0. The molecule has 1 aliphatic rings. The van der Waals surface area contributed by atoms with Gasteiger partial charge in [0.2, 0.25) is 0 Å². The molecule has 1 heterocycles. The van der Waals surface area contributed by atoms with Gasteiger partial charge in [-0.2, -0.15) is 0 Å². The first-order valence-electron chi connectivity index (χ1n) is 8.55. The van der Waals surface area contributed by atoms with Crippen molar-refractivity contribution >= 4 is 29.2 Å². The highest BCUT2D eigenvalue weighted by molar-refractivity contribution is 6.33. The zero-order valence-electron chi connectivity index (χ0n) is 14.3. The number of quaternary nitrogens is 1. The first-order valence-corrected chi connectivity index (χ1v) is 8.93.